The number of imidazole rings is 1. The van der Waals surface area contributed by atoms with E-state index in [0.717, 1.165) is 16.5 Å². The fourth-order valence-electron chi connectivity index (χ4n) is 3.03. The summed E-state index contributed by atoms with van der Waals surface area (Å²) in [7, 11) is 0. The van der Waals surface area contributed by atoms with Gasteiger partial charge in [-0.25, -0.2) is 4.98 Å². The molecular formula is C23H28N2O2S. The lowest BCUT2D eigenvalue weighted by Crippen LogP contribution is -2.12. The van der Waals surface area contributed by atoms with Gasteiger partial charge in [0.15, 0.2) is 5.16 Å². The number of aromatic nitrogens is 2. The molecule has 0 spiro atoms. The number of hydrogen-bond acceptors (Lipinski definition) is 4. The molecule has 2 aromatic carbocycles. The lowest BCUT2D eigenvalue weighted by Gasteiger charge is -2.19. The normalized spacial score (nSPS) is 12.9. The van der Waals surface area contributed by atoms with E-state index in [0.29, 0.717) is 12.2 Å². The summed E-state index contributed by atoms with van der Waals surface area (Å²) >= 11 is 1.62. The molecule has 148 valence electrons. The number of hydrogen-bond donors (Lipinski definition) is 2. The van der Waals surface area contributed by atoms with Crippen molar-refractivity contribution in [1.29, 1.82) is 0 Å². The molecule has 1 atom stereocenters. The maximum Gasteiger partial charge on any atom is 0.168 e. The SMILES string of the molecule is CC(C)(C)c1ccc(CSc2ncc(CO)n2CC(O)c2ccccc2)cc1. The molecule has 3 rings (SSSR count). The van der Waals surface area contributed by atoms with Crippen molar-refractivity contribution >= 4 is 11.8 Å². The van der Waals surface area contributed by atoms with E-state index >= 15 is 0 Å². The molecule has 5 heteroatoms. The van der Waals surface area contributed by atoms with Crippen molar-refractivity contribution < 1.29 is 10.2 Å². The first kappa shape index (κ1) is 20.6. The van der Waals surface area contributed by atoms with Crippen LogP contribution >= 0.6 is 11.8 Å². The third kappa shape index (κ3) is 5.04. The van der Waals surface area contributed by atoms with Crippen LogP contribution in [0, 0.1) is 0 Å². The van der Waals surface area contributed by atoms with Gasteiger partial charge in [-0.2, -0.15) is 0 Å². The number of nitrogens with zero attached hydrogens (tertiary/aromatic N) is 2. The van der Waals surface area contributed by atoms with Crippen LogP contribution in [-0.2, 0) is 24.3 Å². The van der Waals surface area contributed by atoms with Crippen LogP contribution in [0.25, 0.3) is 0 Å². The van der Waals surface area contributed by atoms with Gasteiger partial charge in [0.1, 0.15) is 0 Å². The van der Waals surface area contributed by atoms with Crippen LogP contribution in [0.5, 0.6) is 0 Å². The Labute approximate surface area is 171 Å². The van der Waals surface area contributed by atoms with Crippen LogP contribution in [0.4, 0.5) is 0 Å². The smallest absolute Gasteiger partial charge is 0.168 e. The van der Waals surface area contributed by atoms with Crippen LogP contribution < -0.4 is 0 Å². The second kappa shape index (κ2) is 8.95. The molecule has 0 aliphatic heterocycles. The van der Waals surface area contributed by atoms with Crippen LogP contribution in [-0.4, -0.2) is 19.8 Å². The summed E-state index contributed by atoms with van der Waals surface area (Å²) in [6.45, 7) is 6.90. The second-order valence-corrected chi connectivity index (χ2v) is 8.91. The molecule has 0 aliphatic rings. The first-order valence-electron chi connectivity index (χ1n) is 9.49. The van der Waals surface area contributed by atoms with Gasteiger partial charge in [-0.05, 0) is 22.1 Å². The molecule has 28 heavy (non-hydrogen) atoms. The standard InChI is InChI=1S/C23H28N2O2S/c1-23(2,3)19-11-9-17(10-12-19)16-28-22-24-13-20(15-26)25(22)14-21(27)18-7-5-4-6-8-18/h4-13,21,26-27H,14-16H2,1-3H3. The van der Waals surface area contributed by atoms with Crippen LogP contribution in [0.3, 0.4) is 0 Å². The molecule has 4 nitrogen and oxygen atoms in total. The summed E-state index contributed by atoms with van der Waals surface area (Å²) in [4.78, 5) is 4.46. The van der Waals surface area contributed by atoms with Crippen molar-refractivity contribution in [2.45, 2.75) is 56.4 Å². The molecule has 2 N–H and O–H groups in total. The Bertz CT molecular complexity index is 883. The second-order valence-electron chi connectivity index (χ2n) is 7.96. The van der Waals surface area contributed by atoms with E-state index in [-0.39, 0.29) is 12.0 Å². The predicted octanol–water partition coefficient (Wildman–Crippen LogP) is 4.70. The average molecular weight is 397 g/mol. The van der Waals surface area contributed by atoms with E-state index in [1.165, 1.54) is 11.1 Å². The highest BCUT2D eigenvalue weighted by atomic mass is 32.2. The maximum atomic E-state index is 10.6. The minimum absolute atomic E-state index is 0.102. The van der Waals surface area contributed by atoms with Crippen LogP contribution in [0.15, 0.2) is 66.0 Å². The first-order chi connectivity index (χ1) is 13.4. The molecule has 3 aromatic rings. The zero-order chi connectivity index (χ0) is 20.1. The van der Waals surface area contributed by atoms with Crippen molar-refractivity contribution in [2.24, 2.45) is 0 Å². The topological polar surface area (TPSA) is 58.3 Å². The van der Waals surface area contributed by atoms with E-state index in [4.69, 9.17) is 0 Å². The van der Waals surface area contributed by atoms with Crippen LogP contribution in [0.2, 0.25) is 0 Å². The third-order valence-electron chi connectivity index (χ3n) is 4.79. The number of thioether (sulfide) groups is 1. The molecule has 1 heterocycles. The van der Waals surface area contributed by atoms with E-state index in [2.05, 4.69) is 50.0 Å². The zero-order valence-corrected chi connectivity index (χ0v) is 17.5. The van der Waals surface area contributed by atoms with Crippen LogP contribution in [0.1, 0.15) is 49.3 Å². The maximum absolute atomic E-state index is 10.6. The summed E-state index contributed by atoms with van der Waals surface area (Å²) in [5, 5.41) is 21.0. The number of aliphatic hydroxyl groups excluding tert-OH is 2. The van der Waals surface area contributed by atoms with E-state index in [9.17, 15) is 10.2 Å². The highest BCUT2D eigenvalue weighted by Crippen LogP contribution is 2.27. The van der Waals surface area contributed by atoms with Gasteiger partial charge in [0.2, 0.25) is 0 Å². The first-order valence-corrected chi connectivity index (χ1v) is 10.5. The fraction of sp³-hybridized carbons (Fsp3) is 0.348. The third-order valence-corrected chi connectivity index (χ3v) is 5.85. The zero-order valence-electron chi connectivity index (χ0n) is 16.7. The molecule has 0 radical (unpaired) electrons. The summed E-state index contributed by atoms with van der Waals surface area (Å²) in [6, 6.07) is 18.2. The molecule has 0 saturated heterocycles. The van der Waals surface area contributed by atoms with Gasteiger partial charge >= 0.3 is 0 Å². The van der Waals surface area contributed by atoms with Gasteiger partial charge in [-0.1, -0.05) is 87.1 Å². The van der Waals surface area contributed by atoms with E-state index in [1.54, 1.807) is 18.0 Å². The van der Waals surface area contributed by atoms with E-state index in [1.807, 2.05) is 34.9 Å². The molecular weight excluding hydrogens is 368 g/mol. The Balaban J connectivity index is 1.71. The summed E-state index contributed by atoms with van der Waals surface area (Å²) in [5.41, 5.74) is 4.25. The molecule has 0 amide bonds. The monoisotopic (exact) mass is 396 g/mol. The molecule has 0 saturated carbocycles. The van der Waals surface area contributed by atoms with Gasteiger partial charge in [0, 0.05) is 5.75 Å². The molecule has 0 aliphatic carbocycles. The Morgan fingerprint density at radius 1 is 1.04 bits per heavy atom. The fourth-order valence-corrected chi connectivity index (χ4v) is 3.99. The summed E-state index contributed by atoms with van der Waals surface area (Å²) in [5.74, 6) is 0.785. The number of aliphatic hydroxyl groups is 2. The van der Waals surface area contributed by atoms with E-state index < -0.39 is 6.10 Å². The average Bonchev–Trinajstić information content (AvgIpc) is 3.08. The lowest BCUT2D eigenvalue weighted by molar-refractivity contribution is 0.148. The number of benzene rings is 2. The van der Waals surface area contributed by atoms with Crippen molar-refractivity contribution in [3.05, 3.63) is 83.2 Å². The van der Waals surface area contributed by atoms with Gasteiger partial charge in [0.25, 0.3) is 0 Å². The van der Waals surface area contributed by atoms with Crippen molar-refractivity contribution in [3.63, 3.8) is 0 Å². The predicted molar refractivity (Wildman–Crippen MR) is 114 cm³/mol. The minimum atomic E-state index is -0.647. The van der Waals surface area contributed by atoms with Crippen molar-refractivity contribution in [3.8, 4) is 0 Å². The Kier molecular flexibility index (Phi) is 6.60. The van der Waals surface area contributed by atoms with Gasteiger partial charge in [-0.15, -0.1) is 0 Å². The Morgan fingerprint density at radius 3 is 2.32 bits per heavy atom. The molecule has 0 fully saturated rings. The molecule has 0 bridgehead atoms. The summed E-state index contributed by atoms with van der Waals surface area (Å²) < 4.78 is 1.91. The Morgan fingerprint density at radius 2 is 1.71 bits per heavy atom. The van der Waals surface area contributed by atoms with Crippen molar-refractivity contribution in [1.82, 2.24) is 9.55 Å². The largest absolute Gasteiger partial charge is 0.390 e. The van der Waals surface area contributed by atoms with Gasteiger partial charge in [0.05, 0.1) is 31.1 Å². The van der Waals surface area contributed by atoms with Gasteiger partial charge in [-0.3, -0.25) is 0 Å². The highest BCUT2D eigenvalue weighted by molar-refractivity contribution is 7.98. The quantitative estimate of drug-likeness (QED) is 0.569. The minimum Gasteiger partial charge on any atom is -0.390 e. The lowest BCUT2D eigenvalue weighted by atomic mass is 9.87. The summed E-state index contributed by atoms with van der Waals surface area (Å²) in [6.07, 6.45) is 1.04. The molecule has 1 unspecified atom stereocenters. The molecule has 1 aromatic heterocycles. The Hall–Kier alpha value is -2.08. The van der Waals surface area contributed by atoms with Gasteiger partial charge < -0.3 is 14.8 Å². The highest BCUT2D eigenvalue weighted by Gasteiger charge is 2.16. The van der Waals surface area contributed by atoms with Crippen molar-refractivity contribution in [2.75, 3.05) is 0 Å². The number of rotatable bonds is 7.